The molecule has 0 saturated carbocycles. The Kier molecular flexibility index (Phi) is 7.31. The van der Waals surface area contributed by atoms with Crippen molar-refractivity contribution in [1.29, 1.82) is 0 Å². The molecule has 1 aliphatic rings. The van der Waals surface area contributed by atoms with Crippen molar-refractivity contribution in [3.8, 4) is 17.2 Å². The first-order valence-electron chi connectivity index (χ1n) is 11.7. The van der Waals surface area contributed by atoms with E-state index in [1.165, 1.54) is 0 Å². The van der Waals surface area contributed by atoms with E-state index in [9.17, 15) is 5.11 Å². The molecule has 1 saturated heterocycles. The largest absolute Gasteiger partial charge is 0.491 e. The number of hydrogen-bond donors (Lipinski definition) is 1. The van der Waals surface area contributed by atoms with Crippen LogP contribution in [0.15, 0.2) is 46.9 Å². The third-order valence-electron chi connectivity index (χ3n) is 6.12. The van der Waals surface area contributed by atoms with Crippen molar-refractivity contribution in [3.05, 3.63) is 58.4 Å². The smallest absolute Gasteiger partial charge is 0.247 e. The number of hydrogen-bond acceptors (Lipinski definition) is 9. The fourth-order valence-electron chi connectivity index (χ4n) is 4.33. The molecule has 0 spiro atoms. The number of fused-ring (bicyclic) bond motifs is 1. The predicted octanol–water partition coefficient (Wildman–Crippen LogP) is 4.25. The minimum atomic E-state index is -0.574. The highest BCUT2D eigenvalue weighted by Gasteiger charge is 2.26. The third kappa shape index (κ3) is 5.99. The highest BCUT2D eigenvalue weighted by Crippen LogP contribution is 2.26. The zero-order valence-corrected chi connectivity index (χ0v) is 21.3. The first-order valence-corrected chi connectivity index (χ1v) is 12.8. The first kappa shape index (κ1) is 24.1. The zero-order chi connectivity index (χ0) is 24.4. The van der Waals surface area contributed by atoms with E-state index in [1.807, 2.05) is 37.3 Å². The number of aryl methyl sites for hydroxylation is 1. The van der Waals surface area contributed by atoms with Gasteiger partial charge in [0.15, 0.2) is 0 Å². The molecule has 4 aromatic rings. The molecule has 3 heterocycles. The van der Waals surface area contributed by atoms with Gasteiger partial charge in [-0.15, -0.1) is 21.5 Å². The van der Waals surface area contributed by atoms with Gasteiger partial charge in [-0.3, -0.25) is 9.80 Å². The predicted molar refractivity (Wildman–Crippen MR) is 137 cm³/mol. The van der Waals surface area contributed by atoms with Crippen molar-refractivity contribution < 1.29 is 14.3 Å². The molecule has 0 unspecified atom stereocenters. The highest BCUT2D eigenvalue weighted by molar-refractivity contribution is 7.18. The monoisotopic (exact) mass is 513 g/mol. The Morgan fingerprint density at radius 1 is 1.20 bits per heavy atom. The summed E-state index contributed by atoms with van der Waals surface area (Å²) in [6.07, 6.45) is -0.574. The number of halogens is 1. The lowest BCUT2D eigenvalue weighted by atomic mass is 10.1. The third-order valence-corrected chi connectivity index (χ3v) is 7.32. The molecule has 0 bridgehead atoms. The first-order chi connectivity index (χ1) is 16.9. The van der Waals surface area contributed by atoms with Gasteiger partial charge in [-0.05, 0) is 50.2 Å². The average molecular weight is 514 g/mol. The van der Waals surface area contributed by atoms with E-state index in [0.29, 0.717) is 29.9 Å². The van der Waals surface area contributed by atoms with Crippen LogP contribution in [-0.2, 0) is 6.54 Å². The fourth-order valence-corrected chi connectivity index (χ4v) is 5.26. The molecule has 10 heteroatoms. The lowest BCUT2D eigenvalue weighted by Crippen LogP contribution is -2.53. The molecule has 5 rings (SSSR count). The number of ether oxygens (including phenoxy) is 1. The van der Waals surface area contributed by atoms with Gasteiger partial charge in [-0.1, -0.05) is 11.6 Å². The van der Waals surface area contributed by atoms with Crippen LogP contribution in [-0.4, -0.2) is 75.0 Å². The summed E-state index contributed by atoms with van der Waals surface area (Å²) < 4.78 is 12.9. The van der Waals surface area contributed by atoms with Crippen LogP contribution in [0.1, 0.15) is 17.8 Å². The van der Waals surface area contributed by atoms with E-state index in [0.717, 1.165) is 46.2 Å². The minimum Gasteiger partial charge on any atom is -0.491 e. The molecule has 35 heavy (non-hydrogen) atoms. The number of benzene rings is 2. The van der Waals surface area contributed by atoms with E-state index >= 15 is 0 Å². The summed E-state index contributed by atoms with van der Waals surface area (Å²) in [7, 11) is 0. The second-order valence-electron chi connectivity index (χ2n) is 8.91. The van der Waals surface area contributed by atoms with Crippen LogP contribution < -0.4 is 4.74 Å². The zero-order valence-electron chi connectivity index (χ0n) is 19.7. The van der Waals surface area contributed by atoms with Gasteiger partial charge in [0.1, 0.15) is 18.5 Å². The van der Waals surface area contributed by atoms with Crippen LogP contribution in [0.25, 0.3) is 21.7 Å². The summed E-state index contributed by atoms with van der Waals surface area (Å²) in [5.41, 5.74) is 1.79. The Morgan fingerprint density at radius 2 is 2.03 bits per heavy atom. The fraction of sp³-hybridized carbons (Fsp3) is 0.400. The van der Waals surface area contributed by atoms with Gasteiger partial charge in [-0.25, -0.2) is 4.98 Å². The summed E-state index contributed by atoms with van der Waals surface area (Å²) >= 11 is 7.62. The molecule has 1 aliphatic heterocycles. The van der Waals surface area contributed by atoms with Gasteiger partial charge in [0.25, 0.3) is 0 Å². The Labute approximate surface area is 213 Å². The van der Waals surface area contributed by atoms with Crippen molar-refractivity contribution in [1.82, 2.24) is 25.0 Å². The topological polar surface area (TPSA) is 87.8 Å². The van der Waals surface area contributed by atoms with Gasteiger partial charge >= 0.3 is 0 Å². The summed E-state index contributed by atoms with van der Waals surface area (Å²) in [5.74, 6) is 1.82. The van der Waals surface area contributed by atoms with E-state index in [1.54, 1.807) is 23.5 Å². The normalized spacial score (nSPS) is 18.2. The highest BCUT2D eigenvalue weighted by atomic mass is 35.5. The van der Waals surface area contributed by atoms with E-state index < -0.39 is 6.10 Å². The molecule has 0 aliphatic carbocycles. The van der Waals surface area contributed by atoms with Crippen molar-refractivity contribution in [2.24, 2.45) is 0 Å². The maximum Gasteiger partial charge on any atom is 0.247 e. The second-order valence-corrected chi connectivity index (χ2v) is 10.6. The minimum absolute atomic E-state index is 0.247. The Bertz CT molecular complexity index is 1280. The quantitative estimate of drug-likeness (QED) is 0.374. The molecular weight excluding hydrogens is 486 g/mol. The number of aliphatic hydroxyl groups excluding tert-OH is 1. The SMILES string of the molecule is Cc1nc2cc(OC[C@H](O)CN3CCN(Cc4nnc(-c5ccc(Cl)cc5)o4)C[C@@H]3C)ccc2s1. The van der Waals surface area contributed by atoms with Crippen LogP contribution >= 0.6 is 22.9 Å². The second kappa shape index (κ2) is 10.6. The Balaban J connectivity index is 1.09. The van der Waals surface area contributed by atoms with Crippen molar-refractivity contribution >= 4 is 33.2 Å². The number of β-amino-alcohol motifs (C(OH)–C–C–N with tert-alkyl or cyclic N) is 1. The molecule has 1 N–H and O–H groups in total. The Hall–Kier alpha value is -2.56. The number of rotatable bonds is 8. The summed E-state index contributed by atoms with van der Waals surface area (Å²) in [4.78, 5) is 9.10. The van der Waals surface area contributed by atoms with Crippen molar-refractivity contribution in [2.45, 2.75) is 32.5 Å². The van der Waals surface area contributed by atoms with Crippen LogP contribution in [0.4, 0.5) is 0 Å². The van der Waals surface area contributed by atoms with E-state index in [4.69, 9.17) is 20.8 Å². The van der Waals surface area contributed by atoms with Gasteiger partial charge in [0.2, 0.25) is 11.8 Å². The Morgan fingerprint density at radius 3 is 2.83 bits per heavy atom. The number of piperazine rings is 1. The molecule has 0 radical (unpaired) electrons. The van der Waals surface area contributed by atoms with E-state index in [2.05, 4.69) is 31.9 Å². The molecule has 2 aromatic heterocycles. The van der Waals surface area contributed by atoms with Crippen molar-refractivity contribution in [3.63, 3.8) is 0 Å². The number of aromatic nitrogens is 3. The molecule has 1 fully saturated rings. The van der Waals surface area contributed by atoms with Gasteiger partial charge < -0.3 is 14.3 Å². The van der Waals surface area contributed by atoms with Gasteiger partial charge in [0, 0.05) is 48.9 Å². The number of nitrogens with zero attached hydrogens (tertiary/aromatic N) is 5. The van der Waals surface area contributed by atoms with Crippen LogP contribution in [0.3, 0.4) is 0 Å². The van der Waals surface area contributed by atoms with Crippen LogP contribution in [0, 0.1) is 6.92 Å². The average Bonchev–Trinajstić information content (AvgIpc) is 3.45. The van der Waals surface area contributed by atoms with Crippen LogP contribution in [0.2, 0.25) is 5.02 Å². The lowest BCUT2D eigenvalue weighted by molar-refractivity contribution is 0.0178. The molecule has 2 aromatic carbocycles. The van der Waals surface area contributed by atoms with Crippen LogP contribution in [0.5, 0.6) is 5.75 Å². The lowest BCUT2D eigenvalue weighted by Gasteiger charge is -2.40. The van der Waals surface area contributed by atoms with E-state index in [-0.39, 0.29) is 12.6 Å². The maximum absolute atomic E-state index is 10.6. The number of thiazole rings is 1. The molecule has 2 atom stereocenters. The standard InChI is InChI=1S/C25H28ClN5O3S/c1-16-12-30(14-24-28-29-25(34-24)18-3-5-19(26)6-4-18)9-10-31(16)13-20(32)15-33-21-7-8-23-22(11-21)27-17(2)35-23/h3-8,11,16,20,32H,9-10,12-15H2,1-2H3/t16-,20+/m0/s1. The number of aliphatic hydroxyl groups is 1. The molecule has 0 amide bonds. The molecule has 184 valence electrons. The van der Waals surface area contributed by atoms with Gasteiger partial charge in [-0.2, -0.15) is 0 Å². The van der Waals surface area contributed by atoms with Gasteiger partial charge in [0.05, 0.1) is 21.8 Å². The molecule has 8 nitrogen and oxygen atoms in total. The summed E-state index contributed by atoms with van der Waals surface area (Å²) in [6, 6.07) is 13.5. The summed E-state index contributed by atoms with van der Waals surface area (Å²) in [5, 5.41) is 20.7. The summed E-state index contributed by atoms with van der Waals surface area (Å²) in [6.45, 7) is 8.14. The van der Waals surface area contributed by atoms with Crippen molar-refractivity contribution in [2.75, 3.05) is 32.8 Å². The maximum atomic E-state index is 10.6. The molecular formula is C25H28ClN5O3S.